The molecule has 0 saturated heterocycles. The van der Waals surface area contributed by atoms with Crippen molar-refractivity contribution in [2.75, 3.05) is 0 Å². The van der Waals surface area contributed by atoms with Crippen molar-refractivity contribution in [3.8, 4) is 0 Å². The molecular formula is C13H28O4S2. The van der Waals surface area contributed by atoms with Crippen LogP contribution in [0.15, 0.2) is 0 Å². The predicted octanol–water partition coefficient (Wildman–Crippen LogP) is 3.72. The van der Waals surface area contributed by atoms with E-state index in [1.54, 1.807) is 0 Å². The molecule has 4 unspecified atom stereocenters. The summed E-state index contributed by atoms with van der Waals surface area (Å²) in [6, 6.07) is 0. The van der Waals surface area contributed by atoms with E-state index in [4.69, 9.17) is 0 Å². The van der Waals surface area contributed by atoms with Crippen LogP contribution in [0.5, 0.6) is 0 Å². The molecule has 0 aliphatic rings. The summed E-state index contributed by atoms with van der Waals surface area (Å²) in [4.78, 5) is 0. The van der Waals surface area contributed by atoms with Crippen molar-refractivity contribution in [1.29, 1.82) is 0 Å². The first-order chi connectivity index (χ1) is 9.02. The van der Waals surface area contributed by atoms with Gasteiger partial charge in [0.15, 0.2) is 22.2 Å². The molecule has 116 valence electrons. The minimum atomic E-state index is -1.90. The van der Waals surface area contributed by atoms with Gasteiger partial charge in [0.05, 0.1) is 10.5 Å². The molecule has 0 radical (unpaired) electrons. The Hall–Kier alpha value is 0.220. The highest BCUT2D eigenvalue weighted by atomic mass is 32.2. The first-order valence-corrected chi connectivity index (χ1v) is 9.56. The molecule has 0 saturated carbocycles. The van der Waals surface area contributed by atoms with Gasteiger partial charge in [0.1, 0.15) is 0 Å². The highest BCUT2D eigenvalue weighted by Gasteiger charge is 2.24. The highest BCUT2D eigenvalue weighted by molar-refractivity contribution is 7.80. The van der Waals surface area contributed by atoms with Crippen LogP contribution in [0.25, 0.3) is 0 Å². The molecule has 0 fully saturated rings. The van der Waals surface area contributed by atoms with Gasteiger partial charge in [-0.05, 0) is 19.3 Å². The van der Waals surface area contributed by atoms with E-state index in [2.05, 4.69) is 13.8 Å². The first-order valence-electron chi connectivity index (χ1n) is 7.22. The van der Waals surface area contributed by atoms with Crippen LogP contribution < -0.4 is 0 Å². The summed E-state index contributed by atoms with van der Waals surface area (Å²) in [6.07, 6.45) is 7.73. The Balaban J connectivity index is 4.31. The molecule has 0 spiro atoms. The molecular weight excluding hydrogens is 284 g/mol. The summed E-state index contributed by atoms with van der Waals surface area (Å²) in [7, 11) is 0. The maximum Gasteiger partial charge on any atom is 0.156 e. The monoisotopic (exact) mass is 312 g/mol. The fourth-order valence-electron chi connectivity index (χ4n) is 2.14. The maximum absolute atomic E-state index is 11.3. The topological polar surface area (TPSA) is 74.6 Å². The Morgan fingerprint density at radius 3 is 1.42 bits per heavy atom. The molecule has 2 N–H and O–H groups in total. The highest BCUT2D eigenvalue weighted by Crippen LogP contribution is 2.20. The quantitative estimate of drug-likeness (QED) is 0.425. The van der Waals surface area contributed by atoms with Crippen LogP contribution in [0.4, 0.5) is 0 Å². The number of hydrogen-bond acceptors (Lipinski definition) is 2. The molecule has 0 aromatic carbocycles. The van der Waals surface area contributed by atoms with E-state index in [1.165, 1.54) is 0 Å². The number of rotatable bonds is 12. The average Bonchev–Trinajstić information content (AvgIpc) is 2.35. The molecule has 6 heteroatoms. The summed E-state index contributed by atoms with van der Waals surface area (Å²) in [6.45, 7) is 4.17. The van der Waals surface area contributed by atoms with Gasteiger partial charge in [-0.1, -0.05) is 52.4 Å². The second-order valence-electron chi connectivity index (χ2n) is 5.02. The SMILES string of the molecule is CCCCCC(CC(CCCCC)S(=O)O)S(=O)O. The van der Waals surface area contributed by atoms with Gasteiger partial charge in [-0.3, -0.25) is 0 Å². The molecule has 0 amide bonds. The van der Waals surface area contributed by atoms with Crippen LogP contribution in [0, 0.1) is 0 Å². The second kappa shape index (κ2) is 12.0. The third-order valence-corrected chi connectivity index (χ3v) is 5.35. The van der Waals surface area contributed by atoms with Gasteiger partial charge in [0.2, 0.25) is 0 Å². The summed E-state index contributed by atoms with van der Waals surface area (Å²) < 4.78 is 41.2. The molecule has 0 aliphatic heterocycles. The predicted molar refractivity (Wildman–Crippen MR) is 82.0 cm³/mol. The third-order valence-electron chi connectivity index (χ3n) is 3.36. The lowest BCUT2D eigenvalue weighted by Gasteiger charge is -2.18. The lowest BCUT2D eigenvalue weighted by molar-refractivity contribution is 0.486. The standard InChI is InChI=1S/C13H28O4S2/c1-3-5-7-9-12(18(14)15)11-13(19(16)17)10-8-6-4-2/h12-13H,3-11H2,1-2H3,(H,14,15)(H,16,17). The van der Waals surface area contributed by atoms with Gasteiger partial charge in [0.25, 0.3) is 0 Å². The zero-order valence-corrected chi connectivity index (χ0v) is 13.7. The van der Waals surface area contributed by atoms with Gasteiger partial charge < -0.3 is 9.11 Å². The van der Waals surface area contributed by atoms with Gasteiger partial charge in [-0.25, -0.2) is 8.42 Å². The van der Waals surface area contributed by atoms with Crippen LogP contribution in [0.3, 0.4) is 0 Å². The van der Waals surface area contributed by atoms with Gasteiger partial charge in [-0.15, -0.1) is 0 Å². The summed E-state index contributed by atoms with van der Waals surface area (Å²) in [5, 5.41) is -0.733. The van der Waals surface area contributed by atoms with Crippen molar-refractivity contribution < 1.29 is 17.5 Å². The molecule has 0 aliphatic carbocycles. The van der Waals surface area contributed by atoms with Gasteiger partial charge >= 0.3 is 0 Å². The maximum atomic E-state index is 11.3. The normalized spacial score (nSPS) is 17.9. The minimum absolute atomic E-state index is 0.366. The Kier molecular flexibility index (Phi) is 12.1. The van der Waals surface area contributed by atoms with E-state index in [1.807, 2.05) is 0 Å². The van der Waals surface area contributed by atoms with Gasteiger partial charge in [0, 0.05) is 0 Å². The van der Waals surface area contributed by atoms with Crippen LogP contribution in [0.2, 0.25) is 0 Å². The molecule has 0 rings (SSSR count). The smallest absolute Gasteiger partial charge is 0.156 e. The number of hydrogen-bond donors (Lipinski definition) is 2. The molecule has 19 heavy (non-hydrogen) atoms. The lowest BCUT2D eigenvalue weighted by Crippen LogP contribution is -2.25. The van der Waals surface area contributed by atoms with Crippen LogP contribution in [-0.4, -0.2) is 28.0 Å². The van der Waals surface area contributed by atoms with Crippen LogP contribution in [-0.2, 0) is 22.2 Å². The Morgan fingerprint density at radius 2 is 1.16 bits per heavy atom. The van der Waals surface area contributed by atoms with E-state index in [0.29, 0.717) is 19.3 Å². The van der Waals surface area contributed by atoms with Crippen molar-refractivity contribution in [2.45, 2.75) is 82.1 Å². The third kappa shape index (κ3) is 9.71. The molecule has 0 aromatic rings. The van der Waals surface area contributed by atoms with Crippen molar-refractivity contribution in [3.05, 3.63) is 0 Å². The molecule has 0 heterocycles. The van der Waals surface area contributed by atoms with Crippen molar-refractivity contribution >= 4 is 22.2 Å². The lowest BCUT2D eigenvalue weighted by atomic mass is 10.0. The molecule has 0 aromatic heterocycles. The Bertz CT molecular complexity index is 245. The Morgan fingerprint density at radius 1 is 0.789 bits per heavy atom. The second-order valence-corrected chi connectivity index (χ2v) is 7.46. The average molecular weight is 312 g/mol. The van der Waals surface area contributed by atoms with E-state index in [0.717, 1.165) is 38.5 Å². The minimum Gasteiger partial charge on any atom is -0.306 e. The fraction of sp³-hybridized carbons (Fsp3) is 1.00. The van der Waals surface area contributed by atoms with E-state index in [9.17, 15) is 17.5 Å². The van der Waals surface area contributed by atoms with Crippen molar-refractivity contribution in [1.82, 2.24) is 0 Å². The summed E-state index contributed by atoms with van der Waals surface area (Å²) in [5.41, 5.74) is 0. The van der Waals surface area contributed by atoms with Crippen molar-refractivity contribution in [2.24, 2.45) is 0 Å². The Labute approximate surface area is 122 Å². The summed E-state index contributed by atoms with van der Waals surface area (Å²) >= 11 is -3.79. The van der Waals surface area contributed by atoms with E-state index >= 15 is 0 Å². The molecule has 4 nitrogen and oxygen atoms in total. The zero-order valence-electron chi connectivity index (χ0n) is 12.0. The van der Waals surface area contributed by atoms with E-state index < -0.39 is 22.2 Å². The number of unbranched alkanes of at least 4 members (excludes halogenated alkanes) is 4. The molecule has 0 bridgehead atoms. The van der Waals surface area contributed by atoms with E-state index in [-0.39, 0.29) is 10.5 Å². The van der Waals surface area contributed by atoms with Crippen LogP contribution in [0.1, 0.15) is 71.6 Å². The van der Waals surface area contributed by atoms with Crippen molar-refractivity contribution in [3.63, 3.8) is 0 Å². The first kappa shape index (κ1) is 19.2. The zero-order chi connectivity index (χ0) is 14.7. The van der Waals surface area contributed by atoms with Crippen LogP contribution >= 0.6 is 0 Å². The largest absolute Gasteiger partial charge is 0.306 e. The fourth-order valence-corrected chi connectivity index (χ4v) is 3.79. The summed E-state index contributed by atoms with van der Waals surface area (Å²) in [5.74, 6) is 0. The molecule has 4 atom stereocenters. The van der Waals surface area contributed by atoms with Gasteiger partial charge in [-0.2, -0.15) is 0 Å².